The average molecular weight is 446 g/mol. The van der Waals surface area contributed by atoms with Crippen LogP contribution in [0.2, 0.25) is 0 Å². The van der Waals surface area contributed by atoms with Crippen molar-refractivity contribution in [2.24, 2.45) is 7.05 Å². The van der Waals surface area contributed by atoms with Crippen molar-refractivity contribution in [2.75, 3.05) is 7.11 Å². The summed E-state index contributed by atoms with van der Waals surface area (Å²) in [6.45, 7) is 0. The molecule has 0 atom stereocenters. The van der Waals surface area contributed by atoms with Crippen LogP contribution in [0.3, 0.4) is 0 Å². The predicted octanol–water partition coefficient (Wildman–Crippen LogP) is 4.96. The molecule has 148 valence electrons. The lowest BCUT2D eigenvalue weighted by Crippen LogP contribution is -2.19. The summed E-state index contributed by atoms with van der Waals surface area (Å²) in [5.74, 6) is 0.895. The Balaban J connectivity index is 1.82. The van der Waals surface area contributed by atoms with E-state index in [1.807, 2.05) is 30.3 Å². The van der Waals surface area contributed by atoms with Gasteiger partial charge in [-0.15, -0.1) is 0 Å². The summed E-state index contributed by atoms with van der Waals surface area (Å²) in [5.41, 5.74) is 1.95. The molecule has 0 aliphatic carbocycles. The van der Waals surface area contributed by atoms with Crippen LogP contribution >= 0.6 is 35.3 Å². The van der Waals surface area contributed by atoms with E-state index in [2.05, 4.69) is 0 Å². The summed E-state index contributed by atoms with van der Waals surface area (Å²) in [6, 6.07) is 13.8. The van der Waals surface area contributed by atoms with Gasteiger partial charge in [0.05, 0.1) is 12.8 Å². The van der Waals surface area contributed by atoms with E-state index in [4.69, 9.17) is 21.9 Å². The fourth-order valence-corrected chi connectivity index (χ4v) is 5.15. The SMILES string of the molecule is COc1cccc(-n2c(=S)sc3c(=O)n(C)c(SCc4cccc(F)c4)nc32)c1. The molecule has 9 heteroatoms. The Kier molecular flexibility index (Phi) is 5.53. The third-order valence-corrected chi connectivity index (χ3v) is 6.79. The molecule has 0 bridgehead atoms. The maximum Gasteiger partial charge on any atom is 0.273 e. The third kappa shape index (κ3) is 3.85. The second-order valence-electron chi connectivity index (χ2n) is 6.23. The maximum atomic E-state index is 13.4. The van der Waals surface area contributed by atoms with Gasteiger partial charge in [-0.05, 0) is 42.0 Å². The van der Waals surface area contributed by atoms with Crippen molar-refractivity contribution in [1.29, 1.82) is 0 Å². The van der Waals surface area contributed by atoms with Crippen molar-refractivity contribution in [3.05, 3.63) is 74.2 Å². The predicted molar refractivity (Wildman–Crippen MR) is 118 cm³/mol. The van der Waals surface area contributed by atoms with Crippen molar-refractivity contribution in [3.63, 3.8) is 0 Å². The zero-order valence-corrected chi connectivity index (χ0v) is 18.0. The molecule has 29 heavy (non-hydrogen) atoms. The molecule has 0 saturated heterocycles. The van der Waals surface area contributed by atoms with Gasteiger partial charge in [0, 0.05) is 18.9 Å². The van der Waals surface area contributed by atoms with Crippen molar-refractivity contribution >= 4 is 45.7 Å². The fraction of sp³-hybridized carbons (Fsp3) is 0.150. The topological polar surface area (TPSA) is 49.0 Å². The van der Waals surface area contributed by atoms with Gasteiger partial charge < -0.3 is 4.74 Å². The van der Waals surface area contributed by atoms with Crippen LogP contribution in [0.5, 0.6) is 5.75 Å². The van der Waals surface area contributed by atoms with E-state index in [9.17, 15) is 9.18 Å². The Hall–Kier alpha value is -2.49. The molecule has 0 unspecified atom stereocenters. The molecule has 0 saturated carbocycles. The fourth-order valence-electron chi connectivity index (χ4n) is 2.89. The molecule has 0 radical (unpaired) electrons. The van der Waals surface area contributed by atoms with E-state index in [-0.39, 0.29) is 11.4 Å². The number of benzene rings is 2. The second kappa shape index (κ2) is 8.10. The molecule has 0 aliphatic heterocycles. The molecule has 4 rings (SSSR count). The maximum absolute atomic E-state index is 13.4. The highest BCUT2D eigenvalue weighted by molar-refractivity contribution is 7.98. The first-order valence-electron chi connectivity index (χ1n) is 8.62. The van der Waals surface area contributed by atoms with E-state index >= 15 is 0 Å². The zero-order chi connectivity index (χ0) is 20.5. The molecule has 0 amide bonds. The van der Waals surface area contributed by atoms with Crippen LogP contribution in [0.4, 0.5) is 4.39 Å². The Morgan fingerprint density at radius 1 is 1.24 bits per heavy atom. The average Bonchev–Trinajstić information content (AvgIpc) is 3.05. The zero-order valence-electron chi connectivity index (χ0n) is 15.6. The van der Waals surface area contributed by atoms with Crippen molar-refractivity contribution in [2.45, 2.75) is 10.9 Å². The molecular formula is C20H16FN3O2S3. The summed E-state index contributed by atoms with van der Waals surface area (Å²) in [4.78, 5) is 17.6. The molecule has 5 nitrogen and oxygen atoms in total. The monoisotopic (exact) mass is 445 g/mol. The number of rotatable bonds is 5. The number of hydrogen-bond donors (Lipinski definition) is 0. The summed E-state index contributed by atoms with van der Waals surface area (Å²) in [7, 11) is 3.28. The van der Waals surface area contributed by atoms with Gasteiger partial charge in [-0.2, -0.15) is 0 Å². The summed E-state index contributed by atoms with van der Waals surface area (Å²) in [6.07, 6.45) is 0. The quantitative estimate of drug-likeness (QED) is 0.247. The van der Waals surface area contributed by atoms with E-state index in [0.29, 0.717) is 31.0 Å². The number of methoxy groups -OCH3 is 1. The number of fused-ring (bicyclic) bond motifs is 1. The normalized spacial score (nSPS) is 11.1. The van der Waals surface area contributed by atoms with E-state index < -0.39 is 0 Å². The Bertz CT molecular complexity index is 1330. The first-order valence-corrected chi connectivity index (χ1v) is 10.8. The van der Waals surface area contributed by atoms with E-state index in [1.165, 1.54) is 39.8 Å². The Morgan fingerprint density at radius 3 is 2.79 bits per heavy atom. The number of ether oxygens (including phenoxy) is 1. The second-order valence-corrected chi connectivity index (χ2v) is 8.82. The van der Waals surface area contributed by atoms with E-state index in [1.54, 1.807) is 24.8 Å². The number of thiazole rings is 1. The van der Waals surface area contributed by atoms with Gasteiger partial charge in [-0.3, -0.25) is 13.9 Å². The first-order chi connectivity index (χ1) is 14.0. The smallest absolute Gasteiger partial charge is 0.273 e. The highest BCUT2D eigenvalue weighted by atomic mass is 32.2. The molecule has 0 spiro atoms. The Morgan fingerprint density at radius 2 is 2.03 bits per heavy atom. The lowest BCUT2D eigenvalue weighted by atomic mass is 10.2. The number of nitrogens with zero attached hydrogens (tertiary/aromatic N) is 3. The van der Waals surface area contributed by atoms with Crippen LogP contribution in [0, 0.1) is 9.77 Å². The minimum Gasteiger partial charge on any atom is -0.497 e. The van der Waals surface area contributed by atoms with Gasteiger partial charge in [-0.25, -0.2) is 9.37 Å². The molecular weight excluding hydrogens is 429 g/mol. The van der Waals surface area contributed by atoms with Gasteiger partial charge in [0.15, 0.2) is 14.8 Å². The highest BCUT2D eigenvalue weighted by Gasteiger charge is 2.16. The molecule has 0 fully saturated rings. The van der Waals surface area contributed by atoms with Crippen molar-refractivity contribution in [3.8, 4) is 11.4 Å². The van der Waals surface area contributed by atoms with Crippen LogP contribution in [0.15, 0.2) is 58.5 Å². The van der Waals surface area contributed by atoms with Gasteiger partial charge >= 0.3 is 0 Å². The number of halogens is 1. The molecule has 0 aliphatic rings. The summed E-state index contributed by atoms with van der Waals surface area (Å²) in [5, 5.41) is 0.538. The summed E-state index contributed by atoms with van der Waals surface area (Å²) >= 11 is 8.13. The van der Waals surface area contributed by atoms with Gasteiger partial charge in [-0.1, -0.05) is 41.3 Å². The molecule has 4 aromatic rings. The van der Waals surface area contributed by atoms with Gasteiger partial charge in [0.1, 0.15) is 16.3 Å². The lowest BCUT2D eigenvalue weighted by molar-refractivity contribution is 0.414. The van der Waals surface area contributed by atoms with Gasteiger partial charge in [0.2, 0.25) is 0 Å². The number of hydrogen-bond acceptors (Lipinski definition) is 6. The minimum absolute atomic E-state index is 0.158. The van der Waals surface area contributed by atoms with Gasteiger partial charge in [0.25, 0.3) is 5.56 Å². The third-order valence-electron chi connectivity index (χ3n) is 4.34. The van der Waals surface area contributed by atoms with Crippen LogP contribution in [-0.2, 0) is 12.8 Å². The molecule has 2 aromatic heterocycles. The molecule has 2 aromatic carbocycles. The highest BCUT2D eigenvalue weighted by Crippen LogP contribution is 2.28. The van der Waals surface area contributed by atoms with Crippen LogP contribution in [0.25, 0.3) is 16.0 Å². The standard InChI is InChI=1S/C20H16FN3O2S3/c1-23-18(25)16-17(22-19(23)28-11-12-5-3-6-13(21)9-12)24(20(27)29-16)14-7-4-8-15(10-14)26-2/h3-10H,11H2,1-2H3. The van der Waals surface area contributed by atoms with Crippen molar-refractivity contribution < 1.29 is 9.13 Å². The number of aromatic nitrogens is 3. The van der Waals surface area contributed by atoms with Crippen molar-refractivity contribution in [1.82, 2.24) is 14.1 Å². The molecule has 0 N–H and O–H groups in total. The molecule has 2 heterocycles. The summed E-state index contributed by atoms with van der Waals surface area (Å²) < 4.78 is 23.1. The van der Waals surface area contributed by atoms with Crippen LogP contribution in [-0.4, -0.2) is 21.2 Å². The van der Waals surface area contributed by atoms with Crippen LogP contribution < -0.4 is 10.3 Å². The number of thioether (sulfide) groups is 1. The first kappa shape index (κ1) is 19.8. The largest absolute Gasteiger partial charge is 0.497 e. The lowest BCUT2D eigenvalue weighted by Gasteiger charge is -2.10. The van der Waals surface area contributed by atoms with Crippen LogP contribution in [0.1, 0.15) is 5.56 Å². The van der Waals surface area contributed by atoms with E-state index in [0.717, 1.165) is 11.3 Å². The minimum atomic E-state index is -0.287. The Labute approximate surface area is 179 Å².